The van der Waals surface area contributed by atoms with Crippen molar-refractivity contribution in [3.63, 3.8) is 0 Å². The van der Waals surface area contributed by atoms with Gasteiger partial charge in [0.15, 0.2) is 5.13 Å². The maximum Gasteiger partial charge on any atom is 0.267 e. The second-order valence-corrected chi connectivity index (χ2v) is 21.2. The van der Waals surface area contributed by atoms with E-state index in [4.69, 9.17) is 11.6 Å². The van der Waals surface area contributed by atoms with E-state index in [1.165, 1.54) is 22.4 Å². The predicted molar refractivity (Wildman–Crippen MR) is 271 cm³/mol. The first-order valence-corrected chi connectivity index (χ1v) is 25.5. The highest BCUT2D eigenvalue weighted by molar-refractivity contribution is 7.17. The zero-order valence-corrected chi connectivity index (χ0v) is 42.4. The molecule has 0 unspecified atom stereocenters. The van der Waals surface area contributed by atoms with Crippen LogP contribution in [0, 0.1) is 32.1 Å². The molecule has 19 heteroatoms. The van der Waals surface area contributed by atoms with Crippen LogP contribution in [-0.4, -0.2) is 109 Å². The minimum atomic E-state index is -0.839. The number of hydrogen-bond acceptors (Lipinski definition) is 14. The Kier molecular flexibility index (Phi) is 16.8. The van der Waals surface area contributed by atoms with Gasteiger partial charge in [0, 0.05) is 76.9 Å². The zero-order chi connectivity index (χ0) is 49.4. The number of nitrogens with zero attached hydrogens (tertiary/aromatic N) is 7. The summed E-state index contributed by atoms with van der Waals surface area (Å²) in [6.45, 7) is 14.0. The number of likely N-dealkylation sites (tertiary alicyclic amines) is 1. The number of ketones is 1. The first-order valence-electron chi connectivity index (χ1n) is 23.4. The fraction of sp³-hybridized carbons (Fsp3) is 0.460. The van der Waals surface area contributed by atoms with Crippen molar-refractivity contribution in [3.8, 4) is 10.4 Å². The van der Waals surface area contributed by atoms with Crippen molar-refractivity contribution in [2.24, 2.45) is 11.3 Å². The lowest BCUT2D eigenvalue weighted by Gasteiger charge is -2.35. The number of piperazine rings is 1. The number of aryl methyl sites for hydroxylation is 3. The predicted octanol–water partition coefficient (Wildman–Crippen LogP) is 8.13. The molecule has 366 valence electrons. The van der Waals surface area contributed by atoms with Gasteiger partial charge in [0.1, 0.15) is 34.2 Å². The van der Waals surface area contributed by atoms with Crippen LogP contribution < -0.4 is 20.9 Å². The number of hydrogen-bond donors (Lipinski definition) is 4. The summed E-state index contributed by atoms with van der Waals surface area (Å²) in [7, 11) is 0. The molecule has 0 spiro atoms. The number of thiazole rings is 2. The summed E-state index contributed by atoms with van der Waals surface area (Å²) in [6.07, 6.45) is 3.45. The van der Waals surface area contributed by atoms with Gasteiger partial charge in [-0.2, -0.15) is 0 Å². The number of unbranched alkanes of at least 4 members (excludes halogenated alkanes) is 2. The van der Waals surface area contributed by atoms with Gasteiger partial charge in [0.05, 0.1) is 39.1 Å². The first-order chi connectivity index (χ1) is 32.9. The van der Waals surface area contributed by atoms with Crippen molar-refractivity contribution in [3.05, 3.63) is 92.8 Å². The number of rotatable bonds is 18. The molecule has 2 aliphatic heterocycles. The summed E-state index contributed by atoms with van der Waals surface area (Å²) in [5, 5.41) is 20.6. The lowest BCUT2D eigenvalue weighted by molar-refractivity contribution is -0.146. The Hall–Kier alpha value is -5.82. The first kappa shape index (κ1) is 51.0. The number of carbonyl (C=O) groups excluding carboxylic acids is 5. The van der Waals surface area contributed by atoms with Gasteiger partial charge in [-0.05, 0) is 61.8 Å². The van der Waals surface area contributed by atoms with Crippen LogP contribution in [0.15, 0.2) is 60.2 Å². The van der Waals surface area contributed by atoms with E-state index in [0.29, 0.717) is 84.2 Å². The largest absolute Gasteiger partial charge is 0.391 e. The van der Waals surface area contributed by atoms with E-state index in [-0.39, 0.29) is 61.8 Å². The fourth-order valence-corrected chi connectivity index (χ4v) is 10.5. The molecule has 2 saturated heterocycles. The number of nitrogens with one attached hydrogen (secondary N) is 3. The topological polar surface area (TPSA) is 203 Å². The van der Waals surface area contributed by atoms with Gasteiger partial charge in [-0.1, -0.05) is 86.5 Å². The molecular formula is C50H61ClN10O6S2. The molecule has 0 bridgehead atoms. The Balaban J connectivity index is 0.823. The number of amides is 4. The SMILES string of the molecule is Cc1nc(Nc2ncc(C(=O)Nc3c(C)cccc3Cl)s2)cc(N2CCN(C(=O)CCCCCC(=O)C[C@H](C(=O)N3C[C@H](O)C[C@H]3C(=O)NCc3ccc(-c4scnc4C)cc3)C(C)(C)C)CC2)n1. The smallest absolute Gasteiger partial charge is 0.267 e. The van der Waals surface area contributed by atoms with Gasteiger partial charge >= 0.3 is 0 Å². The van der Waals surface area contributed by atoms with Gasteiger partial charge in [0.25, 0.3) is 5.91 Å². The number of Topliss-reactive ketones (excluding diaryl/α,β-unsaturated/α-hetero) is 1. The molecule has 0 aliphatic carbocycles. The molecule has 5 aromatic rings. The van der Waals surface area contributed by atoms with Crippen molar-refractivity contribution >= 4 is 86.1 Å². The van der Waals surface area contributed by atoms with E-state index in [1.807, 2.05) is 94.4 Å². The van der Waals surface area contributed by atoms with Crippen LogP contribution in [0.3, 0.4) is 0 Å². The Morgan fingerprint density at radius 2 is 1.67 bits per heavy atom. The van der Waals surface area contributed by atoms with Gasteiger partial charge in [0.2, 0.25) is 17.7 Å². The second-order valence-electron chi connectivity index (χ2n) is 18.9. The number of carbonyl (C=O) groups is 5. The van der Waals surface area contributed by atoms with E-state index >= 15 is 0 Å². The number of para-hydroxylation sites is 1. The van der Waals surface area contributed by atoms with Crippen LogP contribution in [0.4, 0.5) is 22.5 Å². The molecular weight excluding hydrogens is 936 g/mol. The van der Waals surface area contributed by atoms with E-state index < -0.39 is 23.5 Å². The highest BCUT2D eigenvalue weighted by Gasteiger charge is 2.44. The summed E-state index contributed by atoms with van der Waals surface area (Å²) in [5.74, 6) is 0.242. The van der Waals surface area contributed by atoms with Gasteiger partial charge in [-0.25, -0.2) is 19.9 Å². The number of β-amino-alcohol motifs (C(OH)–C–C–N with tert-alkyl or cyclic N) is 1. The molecule has 0 saturated carbocycles. The molecule has 7 rings (SSSR count). The summed E-state index contributed by atoms with van der Waals surface area (Å²) >= 11 is 9.07. The third-order valence-electron chi connectivity index (χ3n) is 12.6. The Labute approximate surface area is 416 Å². The lowest BCUT2D eigenvalue weighted by atomic mass is 9.76. The van der Waals surface area contributed by atoms with E-state index in [9.17, 15) is 29.1 Å². The zero-order valence-electron chi connectivity index (χ0n) is 40.0. The summed E-state index contributed by atoms with van der Waals surface area (Å²) in [5.41, 5.74) is 5.60. The third kappa shape index (κ3) is 13.3. The number of benzene rings is 2. The number of aliphatic hydroxyl groups excluding tert-OH is 1. The molecule has 69 heavy (non-hydrogen) atoms. The molecule has 16 nitrogen and oxygen atoms in total. The maximum absolute atomic E-state index is 14.1. The molecule has 2 aromatic carbocycles. The van der Waals surface area contributed by atoms with Crippen LogP contribution in [0.1, 0.15) is 98.0 Å². The van der Waals surface area contributed by atoms with Crippen molar-refractivity contribution in [1.82, 2.24) is 35.1 Å². The van der Waals surface area contributed by atoms with Crippen LogP contribution in [0.25, 0.3) is 10.4 Å². The maximum atomic E-state index is 14.1. The van der Waals surface area contributed by atoms with Crippen LogP contribution in [-0.2, 0) is 25.7 Å². The van der Waals surface area contributed by atoms with Crippen molar-refractivity contribution < 1.29 is 29.1 Å². The van der Waals surface area contributed by atoms with Gasteiger partial charge in [-0.3, -0.25) is 24.0 Å². The van der Waals surface area contributed by atoms with Gasteiger partial charge < -0.3 is 35.8 Å². The molecule has 0 radical (unpaired) electrons. The van der Waals surface area contributed by atoms with Crippen LogP contribution in [0.5, 0.6) is 0 Å². The Morgan fingerprint density at radius 3 is 2.36 bits per heavy atom. The fourth-order valence-electron chi connectivity index (χ4n) is 8.67. The minimum Gasteiger partial charge on any atom is -0.391 e. The number of aliphatic hydroxyl groups is 1. The highest BCUT2D eigenvalue weighted by Crippen LogP contribution is 2.35. The highest BCUT2D eigenvalue weighted by atomic mass is 35.5. The quantitative estimate of drug-likeness (QED) is 0.0615. The number of aromatic nitrogens is 4. The standard InChI is InChI=1S/C50H61ClN10O6S2/c1-30-11-10-13-38(51)44(30)58-47(66)40-27-53-49(69-40)57-41-25-42(56-32(3)55-41)59-19-21-60(22-20-59)43(64)14-9-7-8-12-35(62)23-37(50(4,5)6)48(67)61-28-36(63)24-39(61)46(65)52-26-33-15-17-34(18-16-33)45-31(2)54-29-68-45/h10-11,13,15-18,25,27,29,36-37,39,63H,7-9,12,14,19-24,26,28H2,1-6H3,(H,52,65)(H,58,66)(H,53,55,56,57)/t36-,37-,39+/m1/s1. The number of halogens is 1. The van der Waals surface area contributed by atoms with Crippen molar-refractivity contribution in [2.45, 2.75) is 105 Å². The summed E-state index contributed by atoms with van der Waals surface area (Å²) < 4.78 is 0. The average Bonchev–Trinajstić information content (AvgIpc) is 4.08. The van der Waals surface area contributed by atoms with E-state index in [1.54, 1.807) is 17.4 Å². The molecule has 5 heterocycles. The second kappa shape index (κ2) is 22.7. The molecule has 3 atom stereocenters. The van der Waals surface area contributed by atoms with Crippen LogP contribution in [0.2, 0.25) is 5.02 Å². The average molecular weight is 998 g/mol. The monoisotopic (exact) mass is 996 g/mol. The summed E-state index contributed by atoms with van der Waals surface area (Å²) in [6, 6.07) is 14.3. The molecule has 2 fully saturated rings. The van der Waals surface area contributed by atoms with E-state index in [2.05, 4.69) is 40.8 Å². The third-order valence-corrected chi connectivity index (χ3v) is 14.8. The van der Waals surface area contributed by atoms with Crippen molar-refractivity contribution in [2.75, 3.05) is 48.3 Å². The van der Waals surface area contributed by atoms with E-state index in [0.717, 1.165) is 33.1 Å². The van der Waals surface area contributed by atoms with Crippen LogP contribution >= 0.6 is 34.3 Å². The molecule has 2 aliphatic rings. The summed E-state index contributed by atoms with van der Waals surface area (Å²) in [4.78, 5) is 92.0. The Morgan fingerprint density at radius 1 is 0.928 bits per heavy atom. The molecule has 4 N–H and O–H groups in total. The molecule has 4 amide bonds. The minimum absolute atomic E-state index is 0.0353. The normalized spacial score (nSPS) is 16.6. The van der Waals surface area contributed by atoms with Crippen molar-refractivity contribution in [1.29, 1.82) is 0 Å². The lowest BCUT2D eigenvalue weighted by Crippen LogP contribution is -2.50. The molecule has 3 aromatic heterocycles. The number of anilines is 4. The van der Waals surface area contributed by atoms with Gasteiger partial charge in [-0.15, -0.1) is 11.3 Å². The Bertz CT molecular complexity index is 2620.